The molecule has 7 nitrogen and oxygen atoms in total. The first-order chi connectivity index (χ1) is 16.6. The number of ether oxygens (including phenoxy) is 1. The number of amides is 1. The highest BCUT2D eigenvalue weighted by Crippen LogP contribution is 2.36. The van der Waals surface area contributed by atoms with E-state index >= 15 is 0 Å². The van der Waals surface area contributed by atoms with Gasteiger partial charge in [0.15, 0.2) is 0 Å². The lowest BCUT2D eigenvalue weighted by Gasteiger charge is -2.29. The van der Waals surface area contributed by atoms with E-state index in [1.807, 2.05) is 92.7 Å². The molecule has 1 aromatic heterocycles. The molecule has 4 aromatic rings. The Morgan fingerprint density at radius 2 is 1.82 bits per heavy atom. The van der Waals surface area contributed by atoms with Gasteiger partial charge in [-0.05, 0) is 49.2 Å². The number of rotatable bonds is 6. The Morgan fingerprint density at radius 3 is 2.62 bits per heavy atom. The lowest BCUT2D eigenvalue weighted by molar-refractivity contribution is -0.113. The van der Waals surface area contributed by atoms with Crippen LogP contribution in [0.3, 0.4) is 0 Å². The van der Waals surface area contributed by atoms with Crippen LogP contribution >= 0.6 is 0 Å². The summed E-state index contributed by atoms with van der Waals surface area (Å²) in [6.07, 6.45) is 1.49. The first kappa shape index (κ1) is 21.5. The van der Waals surface area contributed by atoms with E-state index in [1.54, 1.807) is 4.68 Å². The number of benzene rings is 3. The number of nitrogens with zero attached hydrogens (tertiary/aromatic N) is 3. The van der Waals surface area contributed by atoms with Crippen LogP contribution in [0.15, 0.2) is 96.5 Å². The van der Waals surface area contributed by atoms with E-state index in [4.69, 9.17) is 4.74 Å². The summed E-state index contributed by atoms with van der Waals surface area (Å²) in [6, 6.07) is 25.1. The van der Waals surface area contributed by atoms with E-state index < -0.39 is 6.04 Å². The van der Waals surface area contributed by atoms with Gasteiger partial charge in [-0.25, -0.2) is 4.68 Å². The largest absolute Gasteiger partial charge is 0.489 e. The van der Waals surface area contributed by atoms with E-state index in [1.165, 1.54) is 6.33 Å². The fraction of sp³-hybridized carbons (Fsp3) is 0.148. The summed E-state index contributed by atoms with van der Waals surface area (Å²) in [5, 5.41) is 10.6. The second-order valence-corrected chi connectivity index (χ2v) is 8.26. The van der Waals surface area contributed by atoms with Crippen LogP contribution in [-0.4, -0.2) is 20.7 Å². The molecule has 0 spiro atoms. The van der Waals surface area contributed by atoms with Gasteiger partial charge in [0.1, 0.15) is 24.7 Å². The Balaban J connectivity index is 1.46. The maximum Gasteiger partial charge on any atom is 0.255 e. The van der Waals surface area contributed by atoms with Crippen LogP contribution < -0.4 is 15.4 Å². The number of aromatic nitrogens is 3. The van der Waals surface area contributed by atoms with Crippen molar-refractivity contribution in [2.75, 3.05) is 10.6 Å². The van der Waals surface area contributed by atoms with E-state index in [0.717, 1.165) is 33.8 Å². The number of anilines is 2. The second-order valence-electron chi connectivity index (χ2n) is 8.26. The highest BCUT2D eigenvalue weighted by Gasteiger charge is 2.33. The molecule has 1 atom stereocenters. The van der Waals surface area contributed by atoms with Crippen LogP contribution in [0.4, 0.5) is 11.6 Å². The Hall–Kier alpha value is -4.39. The third-order valence-corrected chi connectivity index (χ3v) is 5.77. The smallest absolute Gasteiger partial charge is 0.255 e. The molecule has 34 heavy (non-hydrogen) atoms. The minimum Gasteiger partial charge on any atom is -0.489 e. The molecule has 2 N–H and O–H groups in total. The van der Waals surface area contributed by atoms with E-state index in [2.05, 4.69) is 20.7 Å². The lowest BCUT2D eigenvalue weighted by atomic mass is 9.94. The maximum atomic E-state index is 13.5. The quantitative estimate of drug-likeness (QED) is 0.427. The third-order valence-electron chi connectivity index (χ3n) is 5.77. The standard InChI is InChI=1S/C27H25N5O2/c1-18-11-13-22(14-12-18)31-26(33)24-19(2)30-27-28-17-29-32(27)25(24)21-9-6-10-23(15-21)34-16-20-7-4-3-5-8-20/h3-15,17,25H,16H2,1-2H3,(H,31,33)(H,28,29,30). The topological polar surface area (TPSA) is 81.1 Å². The zero-order chi connectivity index (χ0) is 23.5. The van der Waals surface area contributed by atoms with E-state index in [-0.39, 0.29) is 5.91 Å². The first-order valence-corrected chi connectivity index (χ1v) is 11.1. The molecule has 3 aromatic carbocycles. The zero-order valence-electron chi connectivity index (χ0n) is 19.0. The molecule has 0 radical (unpaired) electrons. The van der Waals surface area contributed by atoms with Gasteiger partial charge in [-0.2, -0.15) is 10.1 Å². The van der Waals surface area contributed by atoms with Crippen molar-refractivity contribution in [1.82, 2.24) is 14.8 Å². The van der Waals surface area contributed by atoms with Crippen molar-refractivity contribution >= 4 is 17.5 Å². The predicted molar refractivity (Wildman–Crippen MR) is 132 cm³/mol. The van der Waals surface area contributed by atoms with Crippen LogP contribution in [0.5, 0.6) is 5.75 Å². The summed E-state index contributed by atoms with van der Waals surface area (Å²) < 4.78 is 7.77. The molecule has 0 aliphatic carbocycles. The summed E-state index contributed by atoms with van der Waals surface area (Å²) in [4.78, 5) is 17.8. The average molecular weight is 452 g/mol. The SMILES string of the molecule is CC1=C(C(=O)Nc2ccc(C)cc2)C(c2cccc(OCc3ccccc3)c2)n2ncnc2N1. The molecule has 0 saturated carbocycles. The zero-order valence-corrected chi connectivity index (χ0v) is 19.0. The van der Waals surface area contributed by atoms with E-state index in [9.17, 15) is 4.79 Å². The molecule has 0 saturated heterocycles. The van der Waals surface area contributed by atoms with Gasteiger partial charge in [0.25, 0.3) is 5.91 Å². The molecule has 0 bridgehead atoms. The number of nitrogens with one attached hydrogen (secondary N) is 2. The van der Waals surface area contributed by atoms with E-state index in [0.29, 0.717) is 18.1 Å². The normalized spacial score (nSPS) is 14.8. The van der Waals surface area contributed by atoms with Crippen LogP contribution in [0.25, 0.3) is 0 Å². The van der Waals surface area contributed by atoms with Gasteiger partial charge in [0, 0.05) is 11.4 Å². The predicted octanol–water partition coefficient (Wildman–Crippen LogP) is 5.09. The van der Waals surface area contributed by atoms with Gasteiger partial charge in [0.2, 0.25) is 5.95 Å². The number of allylic oxidation sites excluding steroid dienone is 1. The molecule has 0 fully saturated rings. The van der Waals surface area contributed by atoms with Crippen molar-refractivity contribution < 1.29 is 9.53 Å². The molecule has 2 heterocycles. The summed E-state index contributed by atoms with van der Waals surface area (Å²) in [6.45, 7) is 4.35. The molecule has 1 aliphatic heterocycles. The highest BCUT2D eigenvalue weighted by molar-refractivity contribution is 6.06. The molecular weight excluding hydrogens is 426 g/mol. The second kappa shape index (κ2) is 9.23. The molecule has 170 valence electrons. The maximum absolute atomic E-state index is 13.5. The summed E-state index contributed by atoms with van der Waals surface area (Å²) in [7, 11) is 0. The lowest BCUT2D eigenvalue weighted by Crippen LogP contribution is -2.31. The summed E-state index contributed by atoms with van der Waals surface area (Å²) in [5.41, 5.74) is 5.13. The van der Waals surface area contributed by atoms with Gasteiger partial charge < -0.3 is 15.4 Å². The van der Waals surface area contributed by atoms with Gasteiger partial charge in [0.05, 0.1) is 5.57 Å². The number of fused-ring (bicyclic) bond motifs is 1. The van der Waals surface area contributed by atoms with Gasteiger partial charge in [-0.15, -0.1) is 0 Å². The Morgan fingerprint density at radius 1 is 1.03 bits per heavy atom. The molecule has 1 unspecified atom stereocenters. The van der Waals surface area contributed by atoms with Gasteiger partial charge in [-0.3, -0.25) is 4.79 Å². The Kier molecular flexibility index (Phi) is 5.82. The molecule has 7 heteroatoms. The molecule has 1 aliphatic rings. The Labute approximate surface area is 198 Å². The van der Waals surface area contributed by atoms with Crippen molar-refractivity contribution in [3.05, 3.63) is 113 Å². The van der Waals surface area contributed by atoms with Gasteiger partial charge in [-0.1, -0.05) is 60.2 Å². The number of hydrogen-bond donors (Lipinski definition) is 2. The fourth-order valence-corrected chi connectivity index (χ4v) is 4.04. The fourth-order valence-electron chi connectivity index (χ4n) is 4.04. The number of carbonyl (C=O) groups excluding carboxylic acids is 1. The van der Waals surface area contributed by atoms with Crippen molar-refractivity contribution in [3.63, 3.8) is 0 Å². The minimum atomic E-state index is -0.454. The van der Waals surface area contributed by atoms with Crippen molar-refractivity contribution in [2.24, 2.45) is 0 Å². The highest BCUT2D eigenvalue weighted by atomic mass is 16.5. The van der Waals surface area contributed by atoms with Crippen LogP contribution in [0, 0.1) is 6.92 Å². The van der Waals surface area contributed by atoms with Crippen LogP contribution in [0.1, 0.15) is 29.7 Å². The van der Waals surface area contributed by atoms with Crippen molar-refractivity contribution in [3.8, 4) is 5.75 Å². The molecule has 5 rings (SSSR count). The van der Waals surface area contributed by atoms with Gasteiger partial charge >= 0.3 is 0 Å². The number of hydrogen-bond acceptors (Lipinski definition) is 5. The third kappa shape index (κ3) is 4.41. The summed E-state index contributed by atoms with van der Waals surface area (Å²) in [5.74, 6) is 1.11. The number of aryl methyl sites for hydroxylation is 1. The number of carbonyl (C=O) groups is 1. The molecule has 1 amide bonds. The van der Waals surface area contributed by atoms with Crippen LogP contribution in [-0.2, 0) is 11.4 Å². The van der Waals surface area contributed by atoms with Crippen molar-refractivity contribution in [1.29, 1.82) is 0 Å². The van der Waals surface area contributed by atoms with Crippen LogP contribution in [0.2, 0.25) is 0 Å². The first-order valence-electron chi connectivity index (χ1n) is 11.1. The monoisotopic (exact) mass is 451 g/mol. The average Bonchev–Trinajstić information content (AvgIpc) is 3.32. The summed E-state index contributed by atoms with van der Waals surface area (Å²) >= 11 is 0. The Bertz CT molecular complexity index is 1340. The molecular formula is C27H25N5O2. The van der Waals surface area contributed by atoms with Crippen molar-refractivity contribution in [2.45, 2.75) is 26.5 Å². The minimum absolute atomic E-state index is 0.199.